The number of carbonyl (C=O) groups is 1. The van der Waals surface area contributed by atoms with E-state index in [0.29, 0.717) is 12.0 Å². The summed E-state index contributed by atoms with van der Waals surface area (Å²) in [6.07, 6.45) is 1.94. The number of hydrogen-bond donors (Lipinski definition) is 1. The molecule has 3 nitrogen and oxygen atoms in total. The summed E-state index contributed by atoms with van der Waals surface area (Å²) < 4.78 is 5.16. The van der Waals surface area contributed by atoms with E-state index in [0.717, 1.165) is 12.8 Å². The summed E-state index contributed by atoms with van der Waals surface area (Å²) in [5, 5.41) is 0. The molecule has 0 aliphatic heterocycles. The predicted octanol–water partition coefficient (Wildman–Crippen LogP) is 2.73. The molecule has 1 atom stereocenters. The SMILES string of the molecule is CC(C)(C)CCCOC(=O)C(N)C(C)(C)C. The quantitative estimate of drug-likeness (QED) is 0.595. The van der Waals surface area contributed by atoms with Gasteiger partial charge in [-0.1, -0.05) is 41.5 Å². The second kappa shape index (κ2) is 5.67. The lowest BCUT2D eigenvalue weighted by Crippen LogP contribution is -2.43. The maximum atomic E-state index is 11.6. The van der Waals surface area contributed by atoms with Gasteiger partial charge in [0.2, 0.25) is 0 Å². The Labute approximate surface area is 99.7 Å². The number of nitrogens with two attached hydrogens (primary N) is 1. The van der Waals surface area contributed by atoms with Crippen LogP contribution in [-0.2, 0) is 9.53 Å². The monoisotopic (exact) mass is 229 g/mol. The van der Waals surface area contributed by atoms with Gasteiger partial charge in [0.1, 0.15) is 6.04 Å². The van der Waals surface area contributed by atoms with E-state index in [-0.39, 0.29) is 11.4 Å². The third-order valence-electron chi connectivity index (χ3n) is 2.50. The molecule has 0 spiro atoms. The number of carbonyl (C=O) groups excluding carboxylic acids is 1. The van der Waals surface area contributed by atoms with Crippen LogP contribution in [0.1, 0.15) is 54.4 Å². The molecule has 3 heteroatoms. The van der Waals surface area contributed by atoms with Crippen LogP contribution in [-0.4, -0.2) is 18.6 Å². The first-order chi connectivity index (χ1) is 7.04. The highest BCUT2D eigenvalue weighted by molar-refractivity contribution is 5.76. The molecule has 0 amide bonds. The first kappa shape index (κ1) is 15.4. The zero-order valence-electron chi connectivity index (χ0n) is 11.6. The van der Waals surface area contributed by atoms with E-state index in [9.17, 15) is 4.79 Å². The highest BCUT2D eigenvalue weighted by Gasteiger charge is 2.28. The maximum absolute atomic E-state index is 11.6. The van der Waals surface area contributed by atoms with Crippen LogP contribution in [0.15, 0.2) is 0 Å². The number of hydrogen-bond acceptors (Lipinski definition) is 3. The van der Waals surface area contributed by atoms with Gasteiger partial charge in [-0.25, -0.2) is 0 Å². The van der Waals surface area contributed by atoms with E-state index < -0.39 is 6.04 Å². The summed E-state index contributed by atoms with van der Waals surface area (Å²) in [7, 11) is 0. The number of ether oxygens (including phenoxy) is 1. The van der Waals surface area contributed by atoms with Crippen LogP contribution in [0.25, 0.3) is 0 Å². The maximum Gasteiger partial charge on any atom is 0.323 e. The van der Waals surface area contributed by atoms with Crippen molar-refractivity contribution < 1.29 is 9.53 Å². The average molecular weight is 229 g/mol. The fourth-order valence-corrected chi connectivity index (χ4v) is 1.22. The van der Waals surface area contributed by atoms with Crippen molar-refractivity contribution in [2.75, 3.05) is 6.61 Å². The van der Waals surface area contributed by atoms with E-state index in [1.807, 2.05) is 20.8 Å². The Morgan fingerprint density at radius 3 is 2.06 bits per heavy atom. The first-order valence-electron chi connectivity index (χ1n) is 5.96. The molecular formula is C13H27NO2. The van der Waals surface area contributed by atoms with Crippen molar-refractivity contribution >= 4 is 5.97 Å². The molecular weight excluding hydrogens is 202 g/mol. The van der Waals surface area contributed by atoms with Gasteiger partial charge in [0, 0.05) is 0 Å². The third kappa shape index (κ3) is 6.83. The molecule has 0 aromatic rings. The van der Waals surface area contributed by atoms with E-state index in [4.69, 9.17) is 10.5 Å². The summed E-state index contributed by atoms with van der Waals surface area (Å²) >= 11 is 0. The average Bonchev–Trinajstić information content (AvgIpc) is 2.07. The third-order valence-corrected chi connectivity index (χ3v) is 2.50. The van der Waals surface area contributed by atoms with Gasteiger partial charge in [0.25, 0.3) is 0 Å². The van der Waals surface area contributed by atoms with Crippen LogP contribution in [0.2, 0.25) is 0 Å². The van der Waals surface area contributed by atoms with Crippen molar-refractivity contribution in [2.45, 2.75) is 60.4 Å². The predicted molar refractivity (Wildman–Crippen MR) is 67.1 cm³/mol. The molecule has 0 aliphatic rings. The van der Waals surface area contributed by atoms with Gasteiger partial charge in [0.05, 0.1) is 6.61 Å². The number of rotatable bonds is 4. The summed E-state index contributed by atoms with van der Waals surface area (Å²) in [5.74, 6) is -0.290. The van der Waals surface area contributed by atoms with Crippen LogP contribution in [0.3, 0.4) is 0 Å². The Morgan fingerprint density at radius 1 is 1.19 bits per heavy atom. The normalized spacial score (nSPS) is 14.7. The molecule has 0 saturated heterocycles. The van der Waals surface area contributed by atoms with Crippen LogP contribution in [0.4, 0.5) is 0 Å². The van der Waals surface area contributed by atoms with E-state index >= 15 is 0 Å². The van der Waals surface area contributed by atoms with Crippen LogP contribution >= 0.6 is 0 Å². The van der Waals surface area contributed by atoms with Crippen LogP contribution in [0, 0.1) is 10.8 Å². The minimum Gasteiger partial charge on any atom is -0.465 e. The van der Waals surface area contributed by atoms with Gasteiger partial charge < -0.3 is 10.5 Å². The second-order valence-corrected chi connectivity index (χ2v) is 6.68. The van der Waals surface area contributed by atoms with Crippen molar-refractivity contribution in [2.24, 2.45) is 16.6 Å². The zero-order valence-corrected chi connectivity index (χ0v) is 11.6. The van der Waals surface area contributed by atoms with Gasteiger partial charge in [-0.2, -0.15) is 0 Å². The topological polar surface area (TPSA) is 52.3 Å². The summed E-state index contributed by atoms with van der Waals surface area (Å²) in [5.41, 5.74) is 5.84. The highest BCUT2D eigenvalue weighted by atomic mass is 16.5. The standard InChI is InChI=1S/C13H27NO2/c1-12(2,3)8-7-9-16-11(15)10(14)13(4,5)6/h10H,7-9,14H2,1-6H3. The van der Waals surface area contributed by atoms with Crippen LogP contribution < -0.4 is 5.73 Å². The van der Waals surface area contributed by atoms with Crippen molar-refractivity contribution in [3.8, 4) is 0 Å². The molecule has 0 bridgehead atoms. The molecule has 96 valence electrons. The molecule has 1 unspecified atom stereocenters. The Balaban J connectivity index is 3.83. The van der Waals surface area contributed by atoms with Crippen molar-refractivity contribution in [1.82, 2.24) is 0 Å². The Kier molecular flexibility index (Phi) is 5.47. The van der Waals surface area contributed by atoms with Crippen molar-refractivity contribution in [3.05, 3.63) is 0 Å². The fourth-order valence-electron chi connectivity index (χ4n) is 1.22. The molecule has 0 radical (unpaired) electrons. The summed E-state index contributed by atoms with van der Waals surface area (Å²) in [4.78, 5) is 11.6. The van der Waals surface area contributed by atoms with Crippen molar-refractivity contribution in [3.63, 3.8) is 0 Å². The fraction of sp³-hybridized carbons (Fsp3) is 0.923. The summed E-state index contributed by atoms with van der Waals surface area (Å²) in [6.45, 7) is 12.8. The molecule has 16 heavy (non-hydrogen) atoms. The van der Waals surface area contributed by atoms with Crippen molar-refractivity contribution in [1.29, 1.82) is 0 Å². The molecule has 0 fully saturated rings. The summed E-state index contributed by atoms with van der Waals surface area (Å²) in [6, 6.07) is -0.540. The smallest absolute Gasteiger partial charge is 0.323 e. The molecule has 2 N–H and O–H groups in total. The molecule has 0 heterocycles. The molecule has 0 rings (SSSR count). The Hall–Kier alpha value is -0.570. The van der Waals surface area contributed by atoms with Gasteiger partial charge in [0.15, 0.2) is 0 Å². The van der Waals surface area contributed by atoms with E-state index in [1.54, 1.807) is 0 Å². The first-order valence-corrected chi connectivity index (χ1v) is 5.96. The second-order valence-electron chi connectivity index (χ2n) is 6.68. The highest BCUT2D eigenvalue weighted by Crippen LogP contribution is 2.21. The molecule has 0 aromatic carbocycles. The van der Waals surface area contributed by atoms with Gasteiger partial charge in [-0.05, 0) is 23.7 Å². The Bertz CT molecular complexity index is 223. The largest absolute Gasteiger partial charge is 0.465 e. The molecule has 0 aromatic heterocycles. The lowest BCUT2D eigenvalue weighted by atomic mass is 9.87. The lowest BCUT2D eigenvalue weighted by Gasteiger charge is -2.25. The van der Waals surface area contributed by atoms with Gasteiger partial charge in [-0.3, -0.25) is 4.79 Å². The number of esters is 1. The minimum absolute atomic E-state index is 0.235. The van der Waals surface area contributed by atoms with E-state index in [1.165, 1.54) is 0 Å². The minimum atomic E-state index is -0.540. The lowest BCUT2D eigenvalue weighted by molar-refractivity contribution is -0.148. The zero-order chi connectivity index (χ0) is 13.0. The van der Waals surface area contributed by atoms with Crippen LogP contribution in [0.5, 0.6) is 0 Å². The Morgan fingerprint density at radius 2 is 1.69 bits per heavy atom. The van der Waals surface area contributed by atoms with E-state index in [2.05, 4.69) is 20.8 Å². The molecule has 0 aliphatic carbocycles. The van der Waals surface area contributed by atoms with Gasteiger partial charge >= 0.3 is 5.97 Å². The van der Waals surface area contributed by atoms with Gasteiger partial charge in [-0.15, -0.1) is 0 Å². The molecule has 0 saturated carbocycles.